The third-order valence-electron chi connectivity index (χ3n) is 4.93. The first-order valence-electron chi connectivity index (χ1n) is 8.32. The SMILES string of the molecule is O=C(CCc1cn[nH]c1)NC1CCN(C2CCCC2)CC1. The monoisotopic (exact) mass is 290 g/mol. The molecule has 21 heavy (non-hydrogen) atoms. The summed E-state index contributed by atoms with van der Waals surface area (Å²) in [6.45, 7) is 2.30. The van der Waals surface area contributed by atoms with E-state index in [-0.39, 0.29) is 5.91 Å². The smallest absolute Gasteiger partial charge is 0.220 e. The van der Waals surface area contributed by atoms with Crippen molar-refractivity contribution in [3.63, 3.8) is 0 Å². The number of hydrogen-bond donors (Lipinski definition) is 2. The first kappa shape index (κ1) is 14.6. The van der Waals surface area contributed by atoms with Crippen LogP contribution in [0.25, 0.3) is 0 Å². The van der Waals surface area contributed by atoms with Gasteiger partial charge in [-0.25, -0.2) is 0 Å². The fraction of sp³-hybridized carbons (Fsp3) is 0.750. The molecule has 116 valence electrons. The van der Waals surface area contributed by atoms with E-state index in [2.05, 4.69) is 20.4 Å². The molecule has 1 saturated heterocycles. The minimum atomic E-state index is 0.176. The van der Waals surface area contributed by atoms with E-state index in [0.717, 1.165) is 44.0 Å². The van der Waals surface area contributed by atoms with Crippen LogP contribution in [-0.4, -0.2) is 46.2 Å². The fourth-order valence-corrected chi connectivity index (χ4v) is 3.65. The third-order valence-corrected chi connectivity index (χ3v) is 4.93. The summed E-state index contributed by atoms with van der Waals surface area (Å²) in [6.07, 6.45) is 12.7. The average molecular weight is 290 g/mol. The van der Waals surface area contributed by atoms with Crippen LogP contribution in [0.1, 0.15) is 50.5 Å². The van der Waals surface area contributed by atoms with Crippen LogP contribution in [0.3, 0.4) is 0 Å². The van der Waals surface area contributed by atoms with E-state index in [9.17, 15) is 4.79 Å². The van der Waals surface area contributed by atoms with Crippen molar-refractivity contribution in [3.8, 4) is 0 Å². The topological polar surface area (TPSA) is 61.0 Å². The molecule has 0 spiro atoms. The Balaban J connectivity index is 1.35. The second-order valence-corrected chi connectivity index (χ2v) is 6.42. The summed E-state index contributed by atoms with van der Waals surface area (Å²) in [6, 6.07) is 1.20. The van der Waals surface area contributed by atoms with Crippen LogP contribution < -0.4 is 5.32 Å². The van der Waals surface area contributed by atoms with Crippen LogP contribution in [0.4, 0.5) is 0 Å². The van der Waals surface area contributed by atoms with Crippen LogP contribution in [0, 0.1) is 0 Å². The lowest BCUT2D eigenvalue weighted by atomic mass is 10.0. The number of rotatable bonds is 5. The molecule has 5 heteroatoms. The molecular weight excluding hydrogens is 264 g/mol. The van der Waals surface area contributed by atoms with Gasteiger partial charge >= 0.3 is 0 Å². The molecule has 2 N–H and O–H groups in total. The summed E-state index contributed by atoms with van der Waals surface area (Å²) in [4.78, 5) is 14.6. The van der Waals surface area contributed by atoms with Crippen molar-refractivity contribution >= 4 is 5.91 Å². The predicted octanol–water partition coefficient (Wildman–Crippen LogP) is 1.87. The highest BCUT2D eigenvalue weighted by molar-refractivity contribution is 5.76. The minimum Gasteiger partial charge on any atom is -0.353 e. The summed E-state index contributed by atoms with van der Waals surface area (Å²) in [5.41, 5.74) is 1.10. The summed E-state index contributed by atoms with van der Waals surface area (Å²) in [5.74, 6) is 0.176. The first-order valence-corrected chi connectivity index (χ1v) is 8.32. The molecule has 0 bridgehead atoms. The van der Waals surface area contributed by atoms with Crippen molar-refractivity contribution < 1.29 is 4.79 Å². The van der Waals surface area contributed by atoms with Gasteiger partial charge < -0.3 is 10.2 Å². The van der Waals surface area contributed by atoms with Gasteiger partial charge in [0.05, 0.1) is 6.20 Å². The molecule has 0 unspecified atom stereocenters. The maximum Gasteiger partial charge on any atom is 0.220 e. The Hall–Kier alpha value is -1.36. The summed E-state index contributed by atoms with van der Waals surface area (Å²) in [7, 11) is 0. The van der Waals surface area contributed by atoms with Crippen LogP contribution in [0.2, 0.25) is 0 Å². The highest BCUT2D eigenvalue weighted by Crippen LogP contribution is 2.26. The number of hydrogen-bond acceptors (Lipinski definition) is 3. The number of aromatic nitrogens is 2. The molecule has 0 atom stereocenters. The average Bonchev–Trinajstić information content (AvgIpc) is 3.19. The van der Waals surface area contributed by atoms with E-state index in [1.54, 1.807) is 6.20 Å². The van der Waals surface area contributed by atoms with E-state index < -0.39 is 0 Å². The number of amides is 1. The largest absolute Gasteiger partial charge is 0.353 e. The molecule has 0 radical (unpaired) electrons. The molecule has 2 fully saturated rings. The lowest BCUT2D eigenvalue weighted by Gasteiger charge is -2.36. The maximum absolute atomic E-state index is 12.0. The van der Waals surface area contributed by atoms with Gasteiger partial charge in [-0.15, -0.1) is 0 Å². The Morgan fingerprint density at radius 3 is 2.71 bits per heavy atom. The van der Waals surface area contributed by atoms with Gasteiger partial charge in [0.15, 0.2) is 0 Å². The van der Waals surface area contributed by atoms with Crippen LogP contribution in [-0.2, 0) is 11.2 Å². The van der Waals surface area contributed by atoms with Gasteiger partial charge in [-0.2, -0.15) is 5.10 Å². The number of carbonyl (C=O) groups excluding carboxylic acids is 1. The third kappa shape index (κ3) is 4.06. The van der Waals surface area contributed by atoms with Crippen molar-refractivity contribution in [2.75, 3.05) is 13.1 Å². The number of H-pyrrole nitrogens is 1. The van der Waals surface area contributed by atoms with Gasteiger partial charge in [0.1, 0.15) is 0 Å². The van der Waals surface area contributed by atoms with E-state index in [4.69, 9.17) is 0 Å². The molecule has 1 aromatic heterocycles. The number of nitrogens with zero attached hydrogens (tertiary/aromatic N) is 2. The van der Waals surface area contributed by atoms with Gasteiger partial charge in [-0.05, 0) is 37.7 Å². The zero-order valence-electron chi connectivity index (χ0n) is 12.7. The number of likely N-dealkylation sites (tertiary alicyclic amines) is 1. The Morgan fingerprint density at radius 1 is 1.29 bits per heavy atom. The van der Waals surface area contributed by atoms with Gasteiger partial charge in [0.25, 0.3) is 0 Å². The molecule has 1 aromatic rings. The molecule has 1 saturated carbocycles. The quantitative estimate of drug-likeness (QED) is 0.870. The lowest BCUT2D eigenvalue weighted by Crippen LogP contribution is -2.47. The molecule has 2 heterocycles. The zero-order chi connectivity index (χ0) is 14.5. The van der Waals surface area contributed by atoms with Crippen molar-refractivity contribution in [1.82, 2.24) is 20.4 Å². The summed E-state index contributed by atoms with van der Waals surface area (Å²) in [5, 5.41) is 9.87. The molecular formula is C16H26N4O. The normalized spacial score (nSPS) is 21.7. The molecule has 0 aromatic carbocycles. The fourth-order valence-electron chi connectivity index (χ4n) is 3.65. The molecule has 1 aliphatic carbocycles. The standard InChI is InChI=1S/C16H26N4O/c21-16(6-5-13-11-17-18-12-13)19-14-7-9-20(10-8-14)15-3-1-2-4-15/h11-12,14-15H,1-10H2,(H,17,18)(H,19,21). The highest BCUT2D eigenvalue weighted by Gasteiger charge is 2.27. The Kier molecular flexibility index (Phi) is 4.91. The molecule has 1 aliphatic heterocycles. The minimum absolute atomic E-state index is 0.176. The number of nitrogens with one attached hydrogen (secondary N) is 2. The van der Waals surface area contributed by atoms with Crippen LogP contribution in [0.15, 0.2) is 12.4 Å². The number of aromatic amines is 1. The molecule has 2 aliphatic rings. The molecule has 1 amide bonds. The lowest BCUT2D eigenvalue weighted by molar-refractivity contribution is -0.122. The summed E-state index contributed by atoms with van der Waals surface area (Å²) >= 11 is 0. The van der Waals surface area contributed by atoms with Crippen molar-refractivity contribution in [3.05, 3.63) is 18.0 Å². The highest BCUT2D eigenvalue weighted by atomic mass is 16.1. The number of aryl methyl sites for hydroxylation is 1. The summed E-state index contributed by atoms with van der Waals surface area (Å²) < 4.78 is 0. The maximum atomic E-state index is 12.0. The molecule has 5 nitrogen and oxygen atoms in total. The van der Waals surface area contributed by atoms with Crippen molar-refractivity contribution in [2.45, 2.75) is 63.5 Å². The van der Waals surface area contributed by atoms with E-state index in [1.165, 1.54) is 25.7 Å². The predicted molar refractivity (Wildman–Crippen MR) is 81.9 cm³/mol. The van der Waals surface area contributed by atoms with E-state index in [0.29, 0.717) is 12.5 Å². The van der Waals surface area contributed by atoms with Gasteiger partial charge in [0, 0.05) is 37.8 Å². The van der Waals surface area contributed by atoms with Gasteiger partial charge in [-0.1, -0.05) is 12.8 Å². The Morgan fingerprint density at radius 2 is 2.05 bits per heavy atom. The van der Waals surface area contributed by atoms with E-state index in [1.807, 2.05) is 6.20 Å². The van der Waals surface area contributed by atoms with Gasteiger partial charge in [-0.3, -0.25) is 9.89 Å². The second-order valence-electron chi connectivity index (χ2n) is 6.42. The Bertz CT molecular complexity index is 431. The molecule has 3 rings (SSSR count). The van der Waals surface area contributed by atoms with Gasteiger partial charge in [0.2, 0.25) is 5.91 Å². The van der Waals surface area contributed by atoms with Crippen molar-refractivity contribution in [1.29, 1.82) is 0 Å². The van der Waals surface area contributed by atoms with Crippen LogP contribution >= 0.6 is 0 Å². The van der Waals surface area contributed by atoms with Crippen LogP contribution in [0.5, 0.6) is 0 Å². The van der Waals surface area contributed by atoms with E-state index >= 15 is 0 Å². The second kappa shape index (κ2) is 7.07. The van der Waals surface area contributed by atoms with Crippen molar-refractivity contribution in [2.24, 2.45) is 0 Å². The Labute approximate surface area is 126 Å². The zero-order valence-corrected chi connectivity index (χ0v) is 12.7. The number of carbonyl (C=O) groups is 1. The first-order chi connectivity index (χ1) is 10.3. The number of piperidine rings is 1.